The van der Waals surface area contributed by atoms with Gasteiger partial charge in [0, 0.05) is 55.6 Å². The van der Waals surface area contributed by atoms with Crippen LogP contribution in [-0.2, 0) is 7.05 Å². The molecule has 1 saturated heterocycles. The zero-order chi connectivity index (χ0) is 22.0. The molecule has 0 bridgehead atoms. The number of anilines is 1. The van der Waals surface area contributed by atoms with Crippen LogP contribution in [0.4, 0.5) is 11.4 Å². The molecule has 1 aliphatic heterocycles. The summed E-state index contributed by atoms with van der Waals surface area (Å²) in [6.45, 7) is 2.42. The third-order valence-corrected chi connectivity index (χ3v) is 6.40. The molecule has 0 spiro atoms. The van der Waals surface area contributed by atoms with Gasteiger partial charge in [-0.2, -0.15) is 0 Å². The van der Waals surface area contributed by atoms with Crippen LogP contribution in [0.2, 0.25) is 5.02 Å². The Morgan fingerprint density at radius 2 is 1.84 bits per heavy atom. The van der Waals surface area contributed by atoms with Crippen molar-refractivity contribution < 1.29 is 9.72 Å². The average Bonchev–Trinajstić information content (AvgIpc) is 3.18. The molecule has 0 unspecified atom stereocenters. The minimum atomic E-state index is -0.478. The van der Waals surface area contributed by atoms with E-state index in [1.54, 1.807) is 28.6 Å². The lowest BCUT2D eigenvalue weighted by atomic mass is 10.1. The monoisotopic (exact) mass is 458 g/mol. The van der Waals surface area contributed by atoms with E-state index in [1.807, 2.05) is 24.3 Å². The number of hydrogen-bond acceptors (Lipinski definition) is 7. The maximum absolute atomic E-state index is 13.0. The summed E-state index contributed by atoms with van der Waals surface area (Å²) in [6.07, 6.45) is 1.52. The number of amides is 1. The van der Waals surface area contributed by atoms with Crippen molar-refractivity contribution in [3.05, 3.63) is 69.5 Å². The zero-order valence-corrected chi connectivity index (χ0v) is 18.2. The van der Waals surface area contributed by atoms with Crippen LogP contribution in [0.1, 0.15) is 10.4 Å². The second-order valence-electron chi connectivity index (χ2n) is 7.02. The Morgan fingerprint density at radius 1 is 1.13 bits per heavy atom. The molecule has 31 heavy (non-hydrogen) atoms. The van der Waals surface area contributed by atoms with Crippen molar-refractivity contribution in [1.82, 2.24) is 19.7 Å². The molecule has 2 aromatic carbocycles. The molecule has 1 aliphatic rings. The first-order valence-electron chi connectivity index (χ1n) is 9.52. The minimum Gasteiger partial charge on any atom is -0.368 e. The van der Waals surface area contributed by atoms with Gasteiger partial charge in [-0.25, -0.2) is 0 Å². The van der Waals surface area contributed by atoms with Crippen molar-refractivity contribution in [1.29, 1.82) is 0 Å². The Hall–Kier alpha value is -3.11. The fourth-order valence-electron chi connectivity index (χ4n) is 3.34. The third kappa shape index (κ3) is 4.64. The summed E-state index contributed by atoms with van der Waals surface area (Å²) in [4.78, 5) is 28.4. The quantitative estimate of drug-likeness (QED) is 0.426. The zero-order valence-electron chi connectivity index (χ0n) is 16.6. The van der Waals surface area contributed by atoms with E-state index in [4.69, 9.17) is 11.6 Å². The number of carbonyl (C=O) groups is 1. The molecule has 9 nitrogen and oxygen atoms in total. The van der Waals surface area contributed by atoms with Gasteiger partial charge in [-0.15, -0.1) is 10.2 Å². The number of carbonyl (C=O) groups excluding carboxylic acids is 1. The maximum Gasteiger partial charge on any atom is 0.284 e. The summed E-state index contributed by atoms with van der Waals surface area (Å²) < 4.78 is 1.67. The number of piperazine rings is 1. The third-order valence-electron chi connectivity index (χ3n) is 5.03. The minimum absolute atomic E-state index is 0.126. The van der Waals surface area contributed by atoms with Gasteiger partial charge < -0.3 is 14.4 Å². The Balaban J connectivity index is 1.47. The molecule has 0 N–H and O–H groups in total. The highest BCUT2D eigenvalue weighted by atomic mass is 35.5. The van der Waals surface area contributed by atoms with E-state index < -0.39 is 4.92 Å². The lowest BCUT2D eigenvalue weighted by Crippen LogP contribution is -2.48. The van der Waals surface area contributed by atoms with Crippen LogP contribution in [-0.4, -0.2) is 56.7 Å². The van der Waals surface area contributed by atoms with Gasteiger partial charge in [-0.1, -0.05) is 11.6 Å². The largest absolute Gasteiger partial charge is 0.368 e. The van der Waals surface area contributed by atoms with E-state index in [2.05, 4.69) is 15.1 Å². The highest BCUT2D eigenvalue weighted by Gasteiger charge is 2.25. The van der Waals surface area contributed by atoms with Gasteiger partial charge in [-0.05, 0) is 48.2 Å². The van der Waals surface area contributed by atoms with E-state index in [0.717, 1.165) is 17.4 Å². The smallest absolute Gasteiger partial charge is 0.284 e. The maximum atomic E-state index is 13.0. The van der Waals surface area contributed by atoms with Gasteiger partial charge in [0.05, 0.1) is 9.82 Å². The number of halogens is 1. The van der Waals surface area contributed by atoms with Crippen molar-refractivity contribution in [2.75, 3.05) is 31.1 Å². The summed E-state index contributed by atoms with van der Waals surface area (Å²) >= 11 is 7.09. The van der Waals surface area contributed by atoms with Gasteiger partial charge in [-0.3, -0.25) is 14.9 Å². The lowest BCUT2D eigenvalue weighted by Gasteiger charge is -2.36. The Kier molecular flexibility index (Phi) is 6.10. The van der Waals surface area contributed by atoms with E-state index in [-0.39, 0.29) is 11.6 Å². The van der Waals surface area contributed by atoms with E-state index >= 15 is 0 Å². The molecular formula is C20H19ClN6O3S. The van der Waals surface area contributed by atoms with Gasteiger partial charge in [0.15, 0.2) is 5.16 Å². The molecule has 2 heterocycles. The van der Waals surface area contributed by atoms with Crippen molar-refractivity contribution in [2.45, 2.75) is 10.1 Å². The summed E-state index contributed by atoms with van der Waals surface area (Å²) in [5.74, 6) is -0.214. The van der Waals surface area contributed by atoms with Crippen molar-refractivity contribution in [2.24, 2.45) is 7.05 Å². The molecule has 1 amide bonds. The highest BCUT2D eigenvalue weighted by Crippen LogP contribution is 2.34. The second kappa shape index (κ2) is 8.94. The van der Waals surface area contributed by atoms with Crippen molar-refractivity contribution in [3.63, 3.8) is 0 Å². The lowest BCUT2D eigenvalue weighted by molar-refractivity contribution is -0.387. The summed E-state index contributed by atoms with van der Waals surface area (Å²) in [5, 5.41) is 20.6. The van der Waals surface area contributed by atoms with Gasteiger partial charge in [0.1, 0.15) is 6.33 Å². The summed E-state index contributed by atoms with van der Waals surface area (Å²) in [5.41, 5.74) is 1.23. The highest BCUT2D eigenvalue weighted by molar-refractivity contribution is 7.99. The predicted molar refractivity (Wildman–Crippen MR) is 118 cm³/mol. The number of benzene rings is 2. The first kappa shape index (κ1) is 21.1. The number of nitro groups is 1. The molecule has 0 aliphatic carbocycles. The molecule has 0 atom stereocenters. The molecule has 160 valence electrons. The number of nitro benzene ring substituents is 1. The average molecular weight is 459 g/mol. The Morgan fingerprint density at radius 3 is 2.45 bits per heavy atom. The number of aryl methyl sites for hydroxylation is 1. The Labute approximate surface area is 187 Å². The van der Waals surface area contributed by atoms with Crippen molar-refractivity contribution in [3.8, 4) is 0 Å². The molecule has 3 aromatic rings. The van der Waals surface area contributed by atoms with Crippen LogP contribution in [0.5, 0.6) is 0 Å². The molecule has 0 radical (unpaired) electrons. The molecule has 4 rings (SSSR count). The first-order chi connectivity index (χ1) is 14.9. The van der Waals surface area contributed by atoms with Gasteiger partial charge >= 0.3 is 0 Å². The number of rotatable bonds is 5. The molecule has 1 fully saturated rings. The van der Waals surface area contributed by atoms with Gasteiger partial charge in [0.25, 0.3) is 11.6 Å². The second-order valence-corrected chi connectivity index (χ2v) is 8.47. The Bertz CT molecular complexity index is 1110. The van der Waals surface area contributed by atoms with Crippen LogP contribution in [0.25, 0.3) is 0 Å². The molecular weight excluding hydrogens is 440 g/mol. The van der Waals surface area contributed by atoms with Crippen LogP contribution < -0.4 is 4.90 Å². The van der Waals surface area contributed by atoms with E-state index in [9.17, 15) is 14.9 Å². The molecule has 11 heteroatoms. The molecule has 1 aromatic heterocycles. The summed E-state index contributed by atoms with van der Waals surface area (Å²) in [7, 11) is 1.76. The number of aromatic nitrogens is 3. The summed E-state index contributed by atoms with van der Waals surface area (Å²) in [6, 6.07) is 12.1. The van der Waals surface area contributed by atoms with Crippen LogP contribution in [0.3, 0.4) is 0 Å². The van der Waals surface area contributed by atoms with E-state index in [1.165, 1.54) is 12.4 Å². The fraction of sp³-hybridized carbons (Fsp3) is 0.250. The standard InChI is InChI=1S/C20H19ClN6O3S/c1-24-13-22-23-20(24)31-18-7-2-14(12-17(18)27(29)30)19(28)26-10-8-25(9-11-26)16-5-3-15(21)4-6-16/h2-7,12-13H,8-11H2,1H3. The van der Waals surface area contributed by atoms with Crippen molar-refractivity contribution >= 4 is 40.6 Å². The van der Waals surface area contributed by atoms with Gasteiger partial charge in [0.2, 0.25) is 0 Å². The van der Waals surface area contributed by atoms with Crippen LogP contribution >= 0.6 is 23.4 Å². The first-order valence-corrected chi connectivity index (χ1v) is 10.7. The fourth-order valence-corrected chi connectivity index (χ4v) is 4.32. The van der Waals surface area contributed by atoms with Crippen LogP contribution in [0.15, 0.2) is 58.8 Å². The van der Waals surface area contributed by atoms with Crippen LogP contribution in [0, 0.1) is 10.1 Å². The number of nitrogens with zero attached hydrogens (tertiary/aromatic N) is 6. The van der Waals surface area contributed by atoms with E-state index in [0.29, 0.717) is 46.8 Å². The normalized spacial score (nSPS) is 14.0. The SMILES string of the molecule is Cn1cnnc1Sc1ccc(C(=O)N2CCN(c3ccc(Cl)cc3)CC2)cc1[N+](=O)[O-]. The topological polar surface area (TPSA) is 97.4 Å². The molecule has 0 saturated carbocycles. The predicted octanol–water partition coefficient (Wildman–Crippen LogP) is 3.49. The number of hydrogen-bond donors (Lipinski definition) is 0.